The first-order valence-electron chi connectivity index (χ1n) is 4.90. The van der Waals surface area contributed by atoms with Crippen LogP contribution in [-0.4, -0.2) is 30.7 Å². The average Bonchev–Trinajstić information content (AvgIpc) is 2.23. The molecule has 0 aliphatic carbocycles. The Hall–Kier alpha value is -1.29. The number of anilines is 1. The van der Waals surface area contributed by atoms with Crippen molar-refractivity contribution in [3.63, 3.8) is 0 Å². The van der Waals surface area contributed by atoms with Gasteiger partial charge in [-0.25, -0.2) is 0 Å². The van der Waals surface area contributed by atoms with Crippen molar-refractivity contribution in [1.82, 2.24) is 9.88 Å². The Morgan fingerprint density at radius 3 is 2.71 bits per heavy atom. The Labute approximate surface area is 83.2 Å². The first-order chi connectivity index (χ1) is 6.77. The van der Waals surface area contributed by atoms with Gasteiger partial charge in [0.2, 0.25) is 0 Å². The molecule has 0 atom stereocenters. The molecule has 1 aromatic rings. The summed E-state index contributed by atoms with van der Waals surface area (Å²) in [5.74, 6) is 0. The highest BCUT2D eigenvalue weighted by Crippen LogP contribution is 2.10. The van der Waals surface area contributed by atoms with E-state index in [2.05, 4.69) is 10.2 Å². The summed E-state index contributed by atoms with van der Waals surface area (Å²) in [4.78, 5) is 13.6. The van der Waals surface area contributed by atoms with Gasteiger partial charge in [0.25, 0.3) is 5.56 Å². The molecule has 1 N–H and O–H groups in total. The van der Waals surface area contributed by atoms with E-state index in [-0.39, 0.29) is 5.56 Å². The van der Waals surface area contributed by atoms with E-state index in [4.69, 9.17) is 0 Å². The van der Waals surface area contributed by atoms with Crippen LogP contribution in [0.5, 0.6) is 0 Å². The number of aryl methyl sites for hydroxylation is 1. The van der Waals surface area contributed by atoms with Crippen molar-refractivity contribution in [2.45, 2.75) is 0 Å². The monoisotopic (exact) mass is 193 g/mol. The van der Waals surface area contributed by atoms with Gasteiger partial charge >= 0.3 is 0 Å². The van der Waals surface area contributed by atoms with E-state index >= 15 is 0 Å². The second-order valence-electron chi connectivity index (χ2n) is 3.57. The van der Waals surface area contributed by atoms with Crippen LogP contribution in [0.4, 0.5) is 5.69 Å². The van der Waals surface area contributed by atoms with Crippen molar-refractivity contribution in [2.75, 3.05) is 31.1 Å². The fraction of sp³-hybridized carbons (Fsp3) is 0.500. The summed E-state index contributed by atoms with van der Waals surface area (Å²) in [6.45, 7) is 3.95. The van der Waals surface area contributed by atoms with E-state index in [1.54, 1.807) is 17.7 Å². The summed E-state index contributed by atoms with van der Waals surface area (Å²) < 4.78 is 1.59. The summed E-state index contributed by atoms with van der Waals surface area (Å²) >= 11 is 0. The molecule has 1 fully saturated rings. The van der Waals surface area contributed by atoms with Crippen molar-refractivity contribution in [1.29, 1.82) is 0 Å². The lowest BCUT2D eigenvalue weighted by Crippen LogP contribution is -2.43. The molecule has 0 saturated carbocycles. The Kier molecular flexibility index (Phi) is 2.54. The maximum absolute atomic E-state index is 11.4. The smallest absolute Gasteiger partial charge is 0.252 e. The summed E-state index contributed by atoms with van der Waals surface area (Å²) in [6, 6.07) is 3.69. The highest BCUT2D eigenvalue weighted by atomic mass is 16.1. The van der Waals surface area contributed by atoms with Crippen LogP contribution in [0.2, 0.25) is 0 Å². The molecular formula is C10H15N3O. The summed E-state index contributed by atoms with van der Waals surface area (Å²) in [6.07, 6.45) is 1.82. The van der Waals surface area contributed by atoms with Crippen LogP contribution in [0.1, 0.15) is 0 Å². The SMILES string of the molecule is Cn1ccc(N2CCNCC2)cc1=O. The molecule has 0 spiro atoms. The number of aromatic nitrogens is 1. The van der Waals surface area contributed by atoms with Crippen LogP contribution < -0.4 is 15.8 Å². The second kappa shape index (κ2) is 3.84. The van der Waals surface area contributed by atoms with E-state index in [0.29, 0.717) is 0 Å². The normalized spacial score (nSPS) is 17.1. The third-order valence-electron chi connectivity index (χ3n) is 2.57. The van der Waals surface area contributed by atoms with Crippen molar-refractivity contribution >= 4 is 5.69 Å². The van der Waals surface area contributed by atoms with Crippen LogP contribution in [0.15, 0.2) is 23.1 Å². The summed E-state index contributed by atoms with van der Waals surface area (Å²) in [7, 11) is 1.77. The zero-order chi connectivity index (χ0) is 9.97. The van der Waals surface area contributed by atoms with Gasteiger partial charge in [-0.05, 0) is 6.07 Å². The fourth-order valence-corrected chi connectivity index (χ4v) is 1.66. The number of nitrogens with zero attached hydrogens (tertiary/aromatic N) is 2. The molecule has 1 aromatic heterocycles. The highest BCUT2D eigenvalue weighted by Gasteiger charge is 2.10. The number of hydrogen-bond donors (Lipinski definition) is 1. The highest BCUT2D eigenvalue weighted by molar-refractivity contribution is 5.45. The fourth-order valence-electron chi connectivity index (χ4n) is 1.66. The zero-order valence-electron chi connectivity index (χ0n) is 8.36. The van der Waals surface area contributed by atoms with Crippen LogP contribution in [0.25, 0.3) is 0 Å². The molecule has 1 aliphatic rings. The average molecular weight is 193 g/mol. The van der Waals surface area contributed by atoms with Crippen molar-refractivity contribution < 1.29 is 0 Å². The number of rotatable bonds is 1. The first kappa shape index (κ1) is 9.27. The molecule has 0 amide bonds. The topological polar surface area (TPSA) is 37.3 Å². The first-order valence-corrected chi connectivity index (χ1v) is 4.90. The Balaban J connectivity index is 2.23. The van der Waals surface area contributed by atoms with Gasteiger partial charge in [-0.1, -0.05) is 0 Å². The van der Waals surface area contributed by atoms with E-state index in [9.17, 15) is 4.79 Å². The van der Waals surface area contributed by atoms with E-state index in [0.717, 1.165) is 31.9 Å². The predicted octanol–water partition coefficient (Wildman–Crippen LogP) is -0.205. The largest absolute Gasteiger partial charge is 0.369 e. The van der Waals surface area contributed by atoms with Crippen molar-refractivity contribution in [3.05, 3.63) is 28.7 Å². The minimum Gasteiger partial charge on any atom is -0.369 e. The predicted molar refractivity (Wildman–Crippen MR) is 56.8 cm³/mol. The molecule has 0 radical (unpaired) electrons. The van der Waals surface area contributed by atoms with Crippen LogP contribution >= 0.6 is 0 Å². The van der Waals surface area contributed by atoms with Gasteiger partial charge in [-0.15, -0.1) is 0 Å². The molecule has 0 bridgehead atoms. The van der Waals surface area contributed by atoms with Crippen LogP contribution in [0, 0.1) is 0 Å². The minimum absolute atomic E-state index is 0.0565. The zero-order valence-corrected chi connectivity index (χ0v) is 8.36. The third kappa shape index (κ3) is 1.80. The number of hydrogen-bond acceptors (Lipinski definition) is 3. The van der Waals surface area contributed by atoms with Gasteiger partial charge in [-0.3, -0.25) is 4.79 Å². The lowest BCUT2D eigenvalue weighted by atomic mass is 10.3. The molecule has 2 rings (SSSR count). The van der Waals surface area contributed by atoms with Gasteiger partial charge in [0.15, 0.2) is 0 Å². The van der Waals surface area contributed by atoms with Crippen molar-refractivity contribution in [3.8, 4) is 0 Å². The molecular weight excluding hydrogens is 178 g/mol. The molecule has 4 heteroatoms. The van der Waals surface area contributed by atoms with E-state index < -0.39 is 0 Å². The van der Waals surface area contributed by atoms with Gasteiger partial charge in [0.05, 0.1) is 0 Å². The molecule has 0 unspecified atom stereocenters. The summed E-state index contributed by atoms with van der Waals surface area (Å²) in [5, 5.41) is 3.29. The number of piperazine rings is 1. The third-order valence-corrected chi connectivity index (χ3v) is 2.57. The molecule has 4 nitrogen and oxygen atoms in total. The van der Waals surface area contributed by atoms with E-state index in [1.165, 1.54) is 0 Å². The minimum atomic E-state index is 0.0565. The standard InChI is InChI=1S/C10H15N3O/c1-12-5-2-9(8-10(12)14)13-6-3-11-4-7-13/h2,5,8,11H,3-4,6-7H2,1H3. The molecule has 1 saturated heterocycles. The molecule has 76 valence electrons. The maximum Gasteiger partial charge on any atom is 0.252 e. The summed E-state index contributed by atoms with van der Waals surface area (Å²) in [5.41, 5.74) is 1.09. The lowest BCUT2D eigenvalue weighted by molar-refractivity contribution is 0.588. The number of nitrogens with one attached hydrogen (secondary N) is 1. The van der Waals surface area contributed by atoms with Gasteiger partial charge in [0.1, 0.15) is 0 Å². The van der Waals surface area contributed by atoms with Gasteiger partial charge < -0.3 is 14.8 Å². The quantitative estimate of drug-likeness (QED) is 0.671. The van der Waals surface area contributed by atoms with Crippen molar-refractivity contribution in [2.24, 2.45) is 7.05 Å². The molecule has 1 aliphatic heterocycles. The Morgan fingerprint density at radius 2 is 2.07 bits per heavy atom. The van der Waals surface area contributed by atoms with Crippen LogP contribution in [-0.2, 0) is 7.05 Å². The lowest BCUT2D eigenvalue weighted by Gasteiger charge is -2.29. The molecule has 2 heterocycles. The Morgan fingerprint density at radius 1 is 1.36 bits per heavy atom. The van der Waals surface area contributed by atoms with E-state index in [1.807, 2.05) is 12.3 Å². The second-order valence-corrected chi connectivity index (χ2v) is 3.57. The molecule has 14 heavy (non-hydrogen) atoms. The molecule has 0 aromatic carbocycles. The number of pyridine rings is 1. The maximum atomic E-state index is 11.4. The van der Waals surface area contributed by atoms with Gasteiger partial charge in [0, 0.05) is 51.2 Å². The Bertz CT molecular complexity index is 366. The van der Waals surface area contributed by atoms with Crippen LogP contribution in [0.3, 0.4) is 0 Å². The van der Waals surface area contributed by atoms with Gasteiger partial charge in [-0.2, -0.15) is 0 Å².